The summed E-state index contributed by atoms with van der Waals surface area (Å²) < 4.78 is 5.69. The van der Waals surface area contributed by atoms with Crippen LogP contribution in [0.25, 0.3) is 0 Å². The fraction of sp³-hybridized carbons (Fsp3) is 0.294. The number of halogens is 1. The van der Waals surface area contributed by atoms with E-state index in [1.54, 1.807) is 0 Å². The average molecular weight is 290 g/mol. The average Bonchev–Trinajstić information content (AvgIpc) is 2.48. The van der Waals surface area contributed by atoms with Crippen molar-refractivity contribution in [1.29, 1.82) is 0 Å². The van der Waals surface area contributed by atoms with E-state index < -0.39 is 0 Å². The van der Waals surface area contributed by atoms with Crippen LogP contribution in [0, 0.1) is 0 Å². The zero-order valence-corrected chi connectivity index (χ0v) is 12.2. The van der Waals surface area contributed by atoms with Crippen LogP contribution in [-0.4, -0.2) is 13.2 Å². The Labute approximate surface area is 125 Å². The van der Waals surface area contributed by atoms with Gasteiger partial charge in [-0.1, -0.05) is 48.0 Å². The second kappa shape index (κ2) is 7.93. The van der Waals surface area contributed by atoms with Crippen molar-refractivity contribution in [3.8, 4) is 5.75 Å². The normalized spacial score (nSPS) is 12.1. The van der Waals surface area contributed by atoms with Crippen molar-refractivity contribution in [2.45, 2.75) is 18.8 Å². The molecule has 3 heteroatoms. The highest BCUT2D eigenvalue weighted by Gasteiger charge is 2.08. The molecule has 0 spiro atoms. The third kappa shape index (κ3) is 4.55. The predicted molar refractivity (Wildman–Crippen MR) is 84.4 cm³/mol. The van der Waals surface area contributed by atoms with Crippen LogP contribution in [0.3, 0.4) is 0 Å². The summed E-state index contributed by atoms with van der Waals surface area (Å²) in [6.07, 6.45) is 2.00. The molecular weight excluding hydrogens is 270 g/mol. The zero-order chi connectivity index (χ0) is 14.2. The predicted octanol–water partition coefficient (Wildman–Crippen LogP) is 4.24. The molecule has 2 rings (SSSR count). The van der Waals surface area contributed by atoms with Gasteiger partial charge in [0.15, 0.2) is 0 Å². The van der Waals surface area contributed by atoms with E-state index >= 15 is 0 Å². The van der Waals surface area contributed by atoms with Gasteiger partial charge in [0.2, 0.25) is 0 Å². The van der Waals surface area contributed by atoms with Crippen molar-refractivity contribution >= 4 is 11.6 Å². The van der Waals surface area contributed by atoms with Gasteiger partial charge in [0.25, 0.3) is 0 Å². The van der Waals surface area contributed by atoms with Gasteiger partial charge in [-0.2, -0.15) is 0 Å². The van der Waals surface area contributed by atoms with Gasteiger partial charge in [-0.15, -0.1) is 0 Å². The Morgan fingerprint density at radius 1 is 1.05 bits per heavy atom. The van der Waals surface area contributed by atoms with Crippen LogP contribution in [0.4, 0.5) is 0 Å². The maximum Gasteiger partial charge on any atom is 0.120 e. The molecule has 106 valence electrons. The van der Waals surface area contributed by atoms with Crippen molar-refractivity contribution in [1.82, 2.24) is 0 Å². The molecule has 2 N–H and O–H groups in total. The first-order valence-corrected chi connectivity index (χ1v) is 7.31. The smallest absolute Gasteiger partial charge is 0.120 e. The van der Waals surface area contributed by atoms with Gasteiger partial charge < -0.3 is 10.5 Å². The molecule has 20 heavy (non-hydrogen) atoms. The number of hydrogen-bond acceptors (Lipinski definition) is 2. The molecule has 0 aliphatic carbocycles. The van der Waals surface area contributed by atoms with Crippen LogP contribution in [-0.2, 0) is 0 Å². The fourth-order valence-corrected chi connectivity index (χ4v) is 2.40. The van der Waals surface area contributed by atoms with Gasteiger partial charge in [0, 0.05) is 5.02 Å². The molecule has 0 saturated heterocycles. The van der Waals surface area contributed by atoms with Gasteiger partial charge in [-0.25, -0.2) is 0 Å². The molecule has 2 nitrogen and oxygen atoms in total. The highest BCUT2D eigenvalue weighted by Crippen LogP contribution is 2.21. The van der Waals surface area contributed by atoms with E-state index in [1.165, 1.54) is 5.56 Å². The first-order valence-electron chi connectivity index (χ1n) is 6.93. The van der Waals surface area contributed by atoms with E-state index in [0.717, 1.165) is 18.6 Å². The van der Waals surface area contributed by atoms with Gasteiger partial charge >= 0.3 is 0 Å². The molecule has 2 aromatic rings. The van der Waals surface area contributed by atoms with Crippen LogP contribution in [0.1, 0.15) is 24.3 Å². The zero-order valence-electron chi connectivity index (χ0n) is 11.5. The Bertz CT molecular complexity index is 515. The molecule has 0 fully saturated rings. The maximum atomic E-state index is 5.91. The Morgan fingerprint density at radius 3 is 2.55 bits per heavy atom. The van der Waals surface area contributed by atoms with Crippen LogP contribution in [0.15, 0.2) is 54.6 Å². The van der Waals surface area contributed by atoms with Crippen molar-refractivity contribution in [3.05, 3.63) is 65.2 Å². The minimum absolute atomic E-state index is 0.402. The summed E-state index contributed by atoms with van der Waals surface area (Å²) in [6.45, 7) is 1.35. The van der Waals surface area contributed by atoms with Gasteiger partial charge in [0.05, 0.1) is 6.61 Å². The minimum atomic E-state index is 0.402. The maximum absolute atomic E-state index is 5.91. The number of ether oxygens (including phenoxy) is 1. The summed E-state index contributed by atoms with van der Waals surface area (Å²) in [5, 5.41) is 0.701. The molecule has 1 atom stereocenters. The summed E-state index contributed by atoms with van der Waals surface area (Å²) in [6, 6.07) is 17.9. The van der Waals surface area contributed by atoms with E-state index in [0.29, 0.717) is 24.1 Å². The monoisotopic (exact) mass is 289 g/mol. The van der Waals surface area contributed by atoms with E-state index in [9.17, 15) is 0 Å². The first kappa shape index (κ1) is 14.9. The molecule has 0 amide bonds. The van der Waals surface area contributed by atoms with Crippen LogP contribution in [0.2, 0.25) is 5.02 Å². The van der Waals surface area contributed by atoms with E-state index in [-0.39, 0.29) is 0 Å². The summed E-state index contributed by atoms with van der Waals surface area (Å²) in [4.78, 5) is 0. The standard InChI is InChI=1S/C17H20ClNO/c18-16-9-4-10-17(12-16)20-11-5-8-15(13-19)14-6-2-1-3-7-14/h1-4,6-7,9-10,12,15H,5,8,11,13,19H2. The lowest BCUT2D eigenvalue weighted by molar-refractivity contribution is 0.302. The Kier molecular flexibility index (Phi) is 5.90. The Balaban J connectivity index is 1.77. The van der Waals surface area contributed by atoms with Crippen LogP contribution in [0.5, 0.6) is 5.75 Å². The molecule has 0 radical (unpaired) electrons. The summed E-state index contributed by atoms with van der Waals surface area (Å²) in [7, 11) is 0. The van der Waals surface area contributed by atoms with Crippen molar-refractivity contribution in [2.24, 2.45) is 5.73 Å². The Hall–Kier alpha value is -1.51. The second-order valence-electron chi connectivity index (χ2n) is 4.79. The van der Waals surface area contributed by atoms with Crippen molar-refractivity contribution in [2.75, 3.05) is 13.2 Å². The molecular formula is C17H20ClNO. The molecule has 0 heterocycles. The lowest BCUT2D eigenvalue weighted by Gasteiger charge is -2.15. The van der Waals surface area contributed by atoms with Gasteiger partial charge in [-0.3, -0.25) is 0 Å². The third-order valence-electron chi connectivity index (χ3n) is 3.32. The number of hydrogen-bond donors (Lipinski definition) is 1. The number of rotatable bonds is 7. The van der Waals surface area contributed by atoms with E-state index in [4.69, 9.17) is 22.1 Å². The Morgan fingerprint density at radius 2 is 1.85 bits per heavy atom. The second-order valence-corrected chi connectivity index (χ2v) is 5.23. The van der Waals surface area contributed by atoms with E-state index in [2.05, 4.69) is 24.3 Å². The van der Waals surface area contributed by atoms with Crippen LogP contribution >= 0.6 is 11.6 Å². The lowest BCUT2D eigenvalue weighted by Crippen LogP contribution is -2.13. The van der Waals surface area contributed by atoms with Gasteiger partial charge in [-0.05, 0) is 49.1 Å². The third-order valence-corrected chi connectivity index (χ3v) is 3.55. The molecule has 0 aliphatic rings. The lowest BCUT2D eigenvalue weighted by atomic mass is 9.95. The molecule has 1 unspecified atom stereocenters. The van der Waals surface area contributed by atoms with Gasteiger partial charge in [0.1, 0.15) is 5.75 Å². The quantitative estimate of drug-likeness (QED) is 0.774. The van der Waals surface area contributed by atoms with Crippen LogP contribution < -0.4 is 10.5 Å². The largest absolute Gasteiger partial charge is 0.494 e. The highest BCUT2D eigenvalue weighted by atomic mass is 35.5. The highest BCUT2D eigenvalue weighted by molar-refractivity contribution is 6.30. The molecule has 0 bridgehead atoms. The number of nitrogens with two attached hydrogens (primary N) is 1. The molecule has 0 aromatic heterocycles. The summed E-state index contributed by atoms with van der Waals surface area (Å²) in [5.74, 6) is 1.22. The SMILES string of the molecule is NCC(CCCOc1cccc(Cl)c1)c1ccccc1. The topological polar surface area (TPSA) is 35.2 Å². The first-order chi connectivity index (χ1) is 9.79. The van der Waals surface area contributed by atoms with Crippen molar-refractivity contribution in [3.63, 3.8) is 0 Å². The fourth-order valence-electron chi connectivity index (χ4n) is 2.22. The molecule has 0 saturated carbocycles. The van der Waals surface area contributed by atoms with E-state index in [1.807, 2.05) is 30.3 Å². The minimum Gasteiger partial charge on any atom is -0.494 e. The van der Waals surface area contributed by atoms with Crippen molar-refractivity contribution < 1.29 is 4.74 Å². The number of benzene rings is 2. The molecule has 0 aliphatic heterocycles. The summed E-state index contributed by atoms with van der Waals surface area (Å²) >= 11 is 5.91. The summed E-state index contributed by atoms with van der Waals surface area (Å²) in [5.41, 5.74) is 7.16. The molecule has 2 aromatic carbocycles.